The van der Waals surface area contributed by atoms with Gasteiger partial charge in [-0.05, 0) is 65.2 Å². The summed E-state index contributed by atoms with van der Waals surface area (Å²) < 4.78 is 28.2. The van der Waals surface area contributed by atoms with Gasteiger partial charge in [0.25, 0.3) is 10.0 Å². The normalized spacial score (nSPS) is 13.0. The minimum absolute atomic E-state index is 0.200. The second-order valence-corrected chi connectivity index (χ2v) is 7.49. The largest absolute Gasteiger partial charge is 0.324 e. The third-order valence-corrected chi connectivity index (χ3v) is 5.12. The summed E-state index contributed by atoms with van der Waals surface area (Å²) in [6.07, 6.45) is 0. The first-order valence-electron chi connectivity index (χ1n) is 6.44. The number of nitrogens with two attached hydrogens (primary N) is 1. The molecule has 112 valence electrons. The van der Waals surface area contributed by atoms with Crippen molar-refractivity contribution in [3.05, 3.63) is 58.1 Å². The fourth-order valence-electron chi connectivity index (χ4n) is 1.89. The number of anilines is 1. The van der Waals surface area contributed by atoms with E-state index in [-0.39, 0.29) is 10.9 Å². The van der Waals surface area contributed by atoms with Gasteiger partial charge in [-0.1, -0.05) is 18.2 Å². The molecule has 0 bridgehead atoms. The minimum Gasteiger partial charge on any atom is -0.324 e. The van der Waals surface area contributed by atoms with Gasteiger partial charge >= 0.3 is 0 Å². The Labute approximate surface area is 133 Å². The molecule has 0 aliphatic carbocycles. The predicted molar refractivity (Wildman–Crippen MR) is 88.7 cm³/mol. The van der Waals surface area contributed by atoms with E-state index >= 15 is 0 Å². The van der Waals surface area contributed by atoms with Crippen molar-refractivity contribution in [2.24, 2.45) is 5.73 Å². The molecule has 0 saturated carbocycles. The van der Waals surface area contributed by atoms with Crippen LogP contribution < -0.4 is 10.5 Å². The molecule has 0 saturated heterocycles. The SMILES string of the molecule is Cc1ccc(Br)c(NS(=O)(=O)c2cccc(C(C)N)c2)c1. The van der Waals surface area contributed by atoms with E-state index in [1.807, 2.05) is 32.0 Å². The van der Waals surface area contributed by atoms with E-state index in [4.69, 9.17) is 5.73 Å². The van der Waals surface area contributed by atoms with Crippen LogP contribution in [0.5, 0.6) is 0 Å². The first kappa shape index (κ1) is 16.0. The Morgan fingerprint density at radius 2 is 1.90 bits per heavy atom. The molecular formula is C15H17BrN2O2S. The van der Waals surface area contributed by atoms with E-state index in [2.05, 4.69) is 20.7 Å². The quantitative estimate of drug-likeness (QED) is 0.865. The van der Waals surface area contributed by atoms with E-state index in [1.54, 1.807) is 24.3 Å². The van der Waals surface area contributed by atoms with Gasteiger partial charge in [0.2, 0.25) is 0 Å². The van der Waals surface area contributed by atoms with Gasteiger partial charge in [0, 0.05) is 10.5 Å². The maximum Gasteiger partial charge on any atom is 0.261 e. The van der Waals surface area contributed by atoms with Crippen molar-refractivity contribution in [2.45, 2.75) is 24.8 Å². The van der Waals surface area contributed by atoms with Crippen LogP contribution in [0.4, 0.5) is 5.69 Å². The van der Waals surface area contributed by atoms with Gasteiger partial charge in [-0.2, -0.15) is 0 Å². The standard InChI is InChI=1S/C15H17BrN2O2S/c1-10-6-7-14(16)15(8-10)18-21(19,20)13-5-3-4-12(9-13)11(2)17/h3-9,11,18H,17H2,1-2H3. The van der Waals surface area contributed by atoms with Gasteiger partial charge in [0.1, 0.15) is 0 Å². The average molecular weight is 369 g/mol. The number of benzene rings is 2. The lowest BCUT2D eigenvalue weighted by molar-refractivity contribution is 0.601. The fraction of sp³-hybridized carbons (Fsp3) is 0.200. The summed E-state index contributed by atoms with van der Waals surface area (Å²) in [5.41, 5.74) is 8.07. The molecule has 6 heteroatoms. The molecular weight excluding hydrogens is 352 g/mol. The van der Waals surface area contributed by atoms with Crippen molar-refractivity contribution in [3.8, 4) is 0 Å². The average Bonchev–Trinajstić information content (AvgIpc) is 2.43. The lowest BCUT2D eigenvalue weighted by Crippen LogP contribution is -2.14. The predicted octanol–water partition coefficient (Wildman–Crippen LogP) is 3.58. The zero-order chi connectivity index (χ0) is 15.6. The first-order chi connectivity index (χ1) is 9.79. The summed E-state index contributed by atoms with van der Waals surface area (Å²) in [4.78, 5) is 0.200. The summed E-state index contributed by atoms with van der Waals surface area (Å²) in [6.45, 7) is 3.72. The Bertz CT molecular complexity index is 758. The number of nitrogens with one attached hydrogen (secondary N) is 1. The number of aryl methyl sites for hydroxylation is 1. The highest BCUT2D eigenvalue weighted by Crippen LogP contribution is 2.26. The van der Waals surface area contributed by atoms with Crippen LogP contribution in [0.25, 0.3) is 0 Å². The topological polar surface area (TPSA) is 72.2 Å². The van der Waals surface area contributed by atoms with E-state index in [0.29, 0.717) is 10.2 Å². The smallest absolute Gasteiger partial charge is 0.261 e. The minimum atomic E-state index is -3.64. The van der Waals surface area contributed by atoms with Crippen LogP contribution in [0, 0.1) is 6.92 Å². The zero-order valence-corrected chi connectivity index (χ0v) is 14.2. The molecule has 4 nitrogen and oxygen atoms in total. The molecule has 2 rings (SSSR count). The number of hydrogen-bond acceptors (Lipinski definition) is 3. The Morgan fingerprint density at radius 1 is 1.19 bits per heavy atom. The number of rotatable bonds is 4. The van der Waals surface area contributed by atoms with Crippen molar-refractivity contribution in [1.29, 1.82) is 0 Å². The highest BCUT2D eigenvalue weighted by molar-refractivity contribution is 9.10. The van der Waals surface area contributed by atoms with Crippen LogP contribution in [0.1, 0.15) is 24.1 Å². The van der Waals surface area contributed by atoms with Crippen LogP contribution >= 0.6 is 15.9 Å². The van der Waals surface area contributed by atoms with Gasteiger partial charge in [0.15, 0.2) is 0 Å². The van der Waals surface area contributed by atoms with Gasteiger partial charge in [-0.3, -0.25) is 4.72 Å². The molecule has 0 fully saturated rings. The maximum atomic E-state index is 12.5. The van der Waals surface area contributed by atoms with Crippen LogP contribution in [-0.4, -0.2) is 8.42 Å². The van der Waals surface area contributed by atoms with Crippen molar-refractivity contribution >= 4 is 31.6 Å². The van der Waals surface area contributed by atoms with Crippen molar-refractivity contribution in [1.82, 2.24) is 0 Å². The summed E-state index contributed by atoms with van der Waals surface area (Å²) in [5, 5.41) is 0. The molecule has 0 amide bonds. The van der Waals surface area contributed by atoms with Gasteiger partial charge < -0.3 is 5.73 Å². The van der Waals surface area contributed by atoms with Crippen molar-refractivity contribution in [3.63, 3.8) is 0 Å². The lowest BCUT2D eigenvalue weighted by atomic mass is 10.1. The highest BCUT2D eigenvalue weighted by Gasteiger charge is 2.16. The fourth-order valence-corrected chi connectivity index (χ4v) is 3.49. The van der Waals surface area contributed by atoms with E-state index in [1.165, 1.54) is 0 Å². The second-order valence-electron chi connectivity index (χ2n) is 4.95. The Hall–Kier alpha value is -1.37. The molecule has 0 aliphatic rings. The molecule has 1 unspecified atom stereocenters. The number of sulfonamides is 1. The molecule has 0 aliphatic heterocycles. The third-order valence-electron chi connectivity index (χ3n) is 3.06. The Kier molecular flexibility index (Phi) is 4.70. The molecule has 21 heavy (non-hydrogen) atoms. The summed E-state index contributed by atoms with van der Waals surface area (Å²) in [5.74, 6) is 0. The third kappa shape index (κ3) is 3.84. The summed E-state index contributed by atoms with van der Waals surface area (Å²) in [6, 6.07) is 11.9. The van der Waals surface area contributed by atoms with Crippen LogP contribution in [-0.2, 0) is 10.0 Å². The molecule has 2 aromatic rings. The van der Waals surface area contributed by atoms with Crippen LogP contribution in [0.3, 0.4) is 0 Å². The summed E-state index contributed by atoms with van der Waals surface area (Å²) in [7, 11) is -3.64. The Balaban J connectivity index is 2.38. The highest BCUT2D eigenvalue weighted by atomic mass is 79.9. The monoisotopic (exact) mass is 368 g/mol. The number of hydrogen-bond donors (Lipinski definition) is 2. The van der Waals surface area contributed by atoms with Gasteiger partial charge in [-0.15, -0.1) is 0 Å². The second kappa shape index (κ2) is 6.17. The zero-order valence-electron chi connectivity index (χ0n) is 11.8. The van der Waals surface area contributed by atoms with Gasteiger partial charge in [-0.25, -0.2) is 8.42 Å². The Morgan fingerprint density at radius 3 is 2.57 bits per heavy atom. The van der Waals surface area contributed by atoms with Crippen LogP contribution in [0.15, 0.2) is 51.8 Å². The maximum absolute atomic E-state index is 12.5. The number of halogens is 1. The van der Waals surface area contributed by atoms with E-state index in [0.717, 1.165) is 11.1 Å². The molecule has 3 N–H and O–H groups in total. The van der Waals surface area contributed by atoms with Crippen molar-refractivity contribution in [2.75, 3.05) is 4.72 Å². The first-order valence-corrected chi connectivity index (χ1v) is 8.72. The molecule has 0 aromatic heterocycles. The lowest BCUT2D eigenvalue weighted by Gasteiger charge is -2.12. The van der Waals surface area contributed by atoms with Gasteiger partial charge in [0.05, 0.1) is 10.6 Å². The molecule has 0 spiro atoms. The van der Waals surface area contributed by atoms with Crippen LogP contribution in [0.2, 0.25) is 0 Å². The molecule has 0 heterocycles. The molecule has 0 radical (unpaired) electrons. The van der Waals surface area contributed by atoms with E-state index in [9.17, 15) is 8.42 Å². The molecule has 1 atom stereocenters. The van der Waals surface area contributed by atoms with E-state index < -0.39 is 10.0 Å². The molecule has 2 aromatic carbocycles. The summed E-state index contributed by atoms with van der Waals surface area (Å²) >= 11 is 3.35. The van der Waals surface area contributed by atoms with Crippen molar-refractivity contribution < 1.29 is 8.42 Å².